The Balaban J connectivity index is 1.56. The summed E-state index contributed by atoms with van der Waals surface area (Å²) < 4.78 is 0. The van der Waals surface area contributed by atoms with Crippen molar-refractivity contribution in [1.82, 2.24) is 4.98 Å². The Kier molecular flexibility index (Phi) is 6.29. The van der Waals surface area contributed by atoms with Crippen LogP contribution in [0.25, 0.3) is 0 Å². The fourth-order valence-corrected chi connectivity index (χ4v) is 5.03. The van der Waals surface area contributed by atoms with Crippen molar-refractivity contribution in [2.75, 3.05) is 10.6 Å². The summed E-state index contributed by atoms with van der Waals surface area (Å²) in [4.78, 5) is 30.9. The lowest BCUT2D eigenvalue weighted by Crippen LogP contribution is -2.41. The predicted octanol–water partition coefficient (Wildman–Crippen LogP) is 6.47. The van der Waals surface area contributed by atoms with Crippen LogP contribution in [0.4, 0.5) is 11.4 Å². The van der Waals surface area contributed by atoms with E-state index in [-0.39, 0.29) is 21.4 Å². The highest BCUT2D eigenvalue weighted by atomic mass is 35.5. The van der Waals surface area contributed by atoms with Crippen molar-refractivity contribution in [2.45, 2.75) is 18.7 Å². The van der Waals surface area contributed by atoms with Gasteiger partial charge in [0, 0.05) is 34.7 Å². The predicted molar refractivity (Wildman–Crippen MR) is 129 cm³/mol. The van der Waals surface area contributed by atoms with Crippen LogP contribution in [0.2, 0.25) is 10.0 Å². The normalized spacial score (nSPS) is 14.7. The van der Waals surface area contributed by atoms with Crippen LogP contribution in [0, 0.1) is 11.5 Å². The number of thioether (sulfide) groups is 1. The third-order valence-corrected chi connectivity index (χ3v) is 6.65. The van der Waals surface area contributed by atoms with Crippen LogP contribution in [0.3, 0.4) is 0 Å². The van der Waals surface area contributed by atoms with Crippen molar-refractivity contribution < 1.29 is 9.59 Å². The molecule has 0 saturated heterocycles. The molecule has 0 saturated carbocycles. The van der Waals surface area contributed by atoms with Gasteiger partial charge in [-0.25, -0.2) is 0 Å². The average molecular weight is 483 g/mol. The number of Topliss-reactive ketones (excluding diaryl/α,β-unsaturated/α-hetero) is 1. The molecule has 0 unspecified atom stereocenters. The van der Waals surface area contributed by atoms with Gasteiger partial charge in [0.1, 0.15) is 0 Å². The summed E-state index contributed by atoms with van der Waals surface area (Å²) in [5.74, 6) is -0.380. The molecule has 161 valence electrons. The van der Waals surface area contributed by atoms with E-state index in [0.717, 1.165) is 10.6 Å². The van der Waals surface area contributed by atoms with E-state index in [4.69, 9.17) is 23.2 Å². The Morgan fingerprint density at radius 3 is 2.34 bits per heavy atom. The molecule has 2 aromatic carbocycles. The molecule has 1 aliphatic carbocycles. The maximum absolute atomic E-state index is 12.7. The summed E-state index contributed by atoms with van der Waals surface area (Å²) in [5.41, 5.74) is 1.38. The Hall–Kier alpha value is -2.80. The van der Waals surface area contributed by atoms with E-state index < -0.39 is 11.3 Å². The fraction of sp³-hybridized carbons (Fsp3) is 0.125. The van der Waals surface area contributed by atoms with Crippen molar-refractivity contribution in [3.63, 3.8) is 0 Å². The second-order valence-corrected chi connectivity index (χ2v) is 9.51. The van der Waals surface area contributed by atoms with E-state index in [1.807, 2.05) is 50.2 Å². The lowest BCUT2D eigenvalue weighted by molar-refractivity contribution is -0.123. The van der Waals surface area contributed by atoms with Crippen molar-refractivity contribution >= 4 is 58.0 Å². The van der Waals surface area contributed by atoms with Gasteiger partial charge in [0.05, 0.1) is 31.6 Å². The number of hydrogen-bond acceptors (Lipinski definition) is 5. The van der Waals surface area contributed by atoms with Crippen LogP contribution in [-0.2, 0) is 4.79 Å². The largest absolute Gasteiger partial charge is 0.356 e. The number of carbonyl (C=O) groups excluding carboxylic acids is 2. The first kappa shape index (κ1) is 22.4. The van der Waals surface area contributed by atoms with E-state index >= 15 is 0 Å². The molecule has 32 heavy (non-hydrogen) atoms. The molecule has 1 aliphatic rings. The maximum atomic E-state index is 12.7. The van der Waals surface area contributed by atoms with Crippen LogP contribution in [0.1, 0.15) is 24.2 Å². The van der Waals surface area contributed by atoms with Crippen molar-refractivity contribution in [1.29, 1.82) is 0 Å². The number of rotatable bonds is 6. The maximum Gasteiger partial charge on any atom is 0.258 e. The van der Waals surface area contributed by atoms with Gasteiger partial charge in [0.15, 0.2) is 5.78 Å². The molecular formula is C24H18Cl2N3O2S. The number of benzene rings is 2. The minimum absolute atomic E-state index is 0.0836. The Labute approximate surface area is 200 Å². The summed E-state index contributed by atoms with van der Waals surface area (Å²) in [7, 11) is 0. The third kappa shape index (κ3) is 4.39. The van der Waals surface area contributed by atoms with E-state index in [2.05, 4.69) is 21.7 Å². The van der Waals surface area contributed by atoms with Gasteiger partial charge in [-0.1, -0.05) is 59.2 Å². The van der Waals surface area contributed by atoms with Crippen LogP contribution < -0.4 is 10.6 Å². The van der Waals surface area contributed by atoms with Gasteiger partial charge in [-0.3, -0.25) is 14.6 Å². The molecule has 0 bridgehead atoms. The molecule has 4 rings (SSSR count). The molecule has 0 atom stereocenters. The van der Waals surface area contributed by atoms with Crippen LogP contribution in [0.15, 0.2) is 76.4 Å². The van der Waals surface area contributed by atoms with Gasteiger partial charge < -0.3 is 10.6 Å². The zero-order valence-electron chi connectivity index (χ0n) is 17.2. The summed E-state index contributed by atoms with van der Waals surface area (Å²) in [6.07, 6.45) is 2.72. The highest BCUT2D eigenvalue weighted by molar-refractivity contribution is 8.04. The average Bonchev–Trinajstić information content (AvgIpc) is 2.77. The summed E-state index contributed by atoms with van der Waals surface area (Å²) in [6, 6.07) is 18.2. The smallest absolute Gasteiger partial charge is 0.258 e. The van der Waals surface area contributed by atoms with Crippen LogP contribution in [-0.4, -0.2) is 16.7 Å². The molecule has 5 nitrogen and oxygen atoms in total. The molecule has 0 aliphatic heterocycles. The molecule has 2 N–H and O–H groups in total. The third-order valence-electron chi connectivity index (χ3n) is 4.97. The SMILES string of the molecule is CC1(C)C(=O)C(Sc2ccccc2)=C1Nc1[c]c(NC(=O)c2c(Cl)cncc2Cl)ccc1. The van der Waals surface area contributed by atoms with Gasteiger partial charge in [0.2, 0.25) is 0 Å². The summed E-state index contributed by atoms with van der Waals surface area (Å²) in [6.45, 7) is 3.76. The number of nitrogens with zero attached hydrogens (tertiary/aromatic N) is 1. The molecule has 1 aromatic heterocycles. The van der Waals surface area contributed by atoms with Crippen LogP contribution in [0.5, 0.6) is 0 Å². The Morgan fingerprint density at radius 1 is 1.00 bits per heavy atom. The molecule has 1 amide bonds. The first-order valence-electron chi connectivity index (χ1n) is 9.69. The minimum atomic E-state index is -0.637. The molecule has 0 spiro atoms. The van der Waals surface area contributed by atoms with Gasteiger partial charge in [-0.05, 0) is 38.1 Å². The first-order chi connectivity index (χ1) is 15.3. The van der Waals surface area contributed by atoms with Gasteiger partial charge in [-0.2, -0.15) is 0 Å². The number of ketones is 1. The van der Waals surface area contributed by atoms with Crippen molar-refractivity contribution in [3.8, 4) is 0 Å². The number of hydrogen-bond donors (Lipinski definition) is 2. The van der Waals surface area contributed by atoms with Gasteiger partial charge in [-0.15, -0.1) is 0 Å². The number of carbonyl (C=O) groups is 2. The number of halogens is 2. The second kappa shape index (κ2) is 8.98. The van der Waals surface area contributed by atoms with E-state index in [9.17, 15) is 9.59 Å². The highest BCUT2D eigenvalue weighted by Gasteiger charge is 2.47. The van der Waals surface area contributed by atoms with Crippen LogP contribution >= 0.6 is 35.0 Å². The molecule has 3 aromatic rings. The summed E-state index contributed by atoms with van der Waals surface area (Å²) >= 11 is 13.6. The number of amides is 1. The Morgan fingerprint density at radius 2 is 1.66 bits per heavy atom. The number of nitrogens with one attached hydrogen (secondary N) is 2. The molecular weight excluding hydrogens is 465 g/mol. The summed E-state index contributed by atoms with van der Waals surface area (Å²) in [5, 5.41) is 6.38. The number of anilines is 2. The first-order valence-corrected chi connectivity index (χ1v) is 11.3. The minimum Gasteiger partial charge on any atom is -0.356 e. The highest BCUT2D eigenvalue weighted by Crippen LogP contribution is 2.49. The second-order valence-electron chi connectivity index (χ2n) is 7.61. The molecule has 1 radical (unpaired) electrons. The number of pyridine rings is 1. The lowest BCUT2D eigenvalue weighted by atomic mass is 9.74. The molecule has 1 heterocycles. The molecule has 0 fully saturated rings. The standard InChI is InChI=1S/C24H18Cl2N3O2S/c1-24(2)21(20(22(24)30)32-16-9-4-3-5-10-16)28-14-7-6-8-15(11-14)29-23(31)19-17(25)12-27-13-18(19)26/h3-10,12-13,28H,1-2H3,(H,29,31). The quantitative estimate of drug-likeness (QED) is 0.421. The van der Waals surface area contributed by atoms with Crippen molar-refractivity contribution in [3.05, 3.63) is 93.2 Å². The lowest BCUT2D eigenvalue weighted by Gasteiger charge is -2.38. The topological polar surface area (TPSA) is 71.1 Å². The van der Waals surface area contributed by atoms with Gasteiger partial charge >= 0.3 is 0 Å². The zero-order valence-corrected chi connectivity index (χ0v) is 19.5. The number of allylic oxidation sites excluding steroid dienone is 2. The Bertz CT molecular complexity index is 1220. The monoisotopic (exact) mass is 482 g/mol. The zero-order chi connectivity index (χ0) is 22.9. The number of aromatic nitrogens is 1. The fourth-order valence-electron chi connectivity index (χ4n) is 3.21. The van der Waals surface area contributed by atoms with E-state index in [1.165, 1.54) is 24.2 Å². The van der Waals surface area contributed by atoms with Crippen molar-refractivity contribution in [2.24, 2.45) is 5.41 Å². The van der Waals surface area contributed by atoms with E-state index in [0.29, 0.717) is 16.3 Å². The van der Waals surface area contributed by atoms with Gasteiger partial charge in [0.25, 0.3) is 5.91 Å². The van der Waals surface area contributed by atoms with E-state index in [1.54, 1.807) is 12.1 Å². The molecule has 8 heteroatoms.